The van der Waals surface area contributed by atoms with Crippen LogP contribution >= 0.6 is 0 Å². The van der Waals surface area contributed by atoms with Crippen LogP contribution in [0, 0.1) is 6.92 Å². The predicted octanol–water partition coefficient (Wildman–Crippen LogP) is 2.57. The van der Waals surface area contributed by atoms with Gasteiger partial charge in [-0.25, -0.2) is 0 Å². The van der Waals surface area contributed by atoms with E-state index in [0.717, 1.165) is 36.2 Å². The van der Waals surface area contributed by atoms with Gasteiger partial charge in [-0.1, -0.05) is 13.3 Å². The van der Waals surface area contributed by atoms with Crippen molar-refractivity contribution in [2.24, 2.45) is 0 Å². The summed E-state index contributed by atoms with van der Waals surface area (Å²) in [5, 5.41) is 5.99. The fourth-order valence-electron chi connectivity index (χ4n) is 1.57. The van der Waals surface area contributed by atoms with Gasteiger partial charge in [-0.15, -0.1) is 0 Å². The zero-order valence-electron chi connectivity index (χ0n) is 10.3. The van der Waals surface area contributed by atoms with Gasteiger partial charge in [0.25, 0.3) is 5.91 Å². The molecule has 0 aromatic heterocycles. The second-order valence-electron chi connectivity index (χ2n) is 3.89. The van der Waals surface area contributed by atoms with Crippen LogP contribution in [0.2, 0.25) is 0 Å². The molecule has 0 bridgehead atoms. The molecule has 1 aromatic rings. The first-order valence-corrected chi connectivity index (χ1v) is 5.75. The lowest BCUT2D eigenvalue weighted by Gasteiger charge is -2.08. The molecule has 0 aliphatic rings. The third-order valence-electron chi connectivity index (χ3n) is 2.57. The van der Waals surface area contributed by atoms with Crippen LogP contribution in [-0.2, 0) is 0 Å². The number of amides is 1. The molecule has 0 saturated heterocycles. The molecule has 0 atom stereocenters. The molecule has 0 radical (unpaired) electrons. The molecule has 0 spiro atoms. The zero-order valence-corrected chi connectivity index (χ0v) is 10.3. The molecule has 88 valence electrons. The summed E-state index contributed by atoms with van der Waals surface area (Å²) in [4.78, 5) is 11.7. The largest absolute Gasteiger partial charge is 0.388 e. The van der Waals surface area contributed by atoms with Crippen molar-refractivity contribution in [2.75, 3.05) is 18.9 Å². The molecule has 0 aliphatic carbocycles. The molecule has 1 amide bonds. The molecule has 3 nitrogen and oxygen atoms in total. The van der Waals surface area contributed by atoms with E-state index in [1.165, 1.54) is 0 Å². The lowest BCUT2D eigenvalue weighted by Crippen LogP contribution is -2.24. The number of benzene rings is 1. The second kappa shape index (κ2) is 6.16. The van der Waals surface area contributed by atoms with Crippen LogP contribution in [-0.4, -0.2) is 19.5 Å². The van der Waals surface area contributed by atoms with Gasteiger partial charge in [0.1, 0.15) is 0 Å². The van der Waals surface area contributed by atoms with Crippen molar-refractivity contribution in [1.82, 2.24) is 5.32 Å². The number of anilines is 1. The smallest absolute Gasteiger partial charge is 0.251 e. The number of rotatable bonds is 5. The summed E-state index contributed by atoms with van der Waals surface area (Å²) in [5.41, 5.74) is 2.88. The summed E-state index contributed by atoms with van der Waals surface area (Å²) in [6.45, 7) is 4.86. The van der Waals surface area contributed by atoms with Crippen molar-refractivity contribution in [3.63, 3.8) is 0 Å². The number of hydrogen-bond donors (Lipinski definition) is 2. The third kappa shape index (κ3) is 3.26. The zero-order chi connectivity index (χ0) is 12.0. The van der Waals surface area contributed by atoms with E-state index in [2.05, 4.69) is 17.6 Å². The van der Waals surface area contributed by atoms with Crippen LogP contribution in [0.3, 0.4) is 0 Å². The predicted molar refractivity (Wildman–Crippen MR) is 68.0 cm³/mol. The highest BCUT2D eigenvalue weighted by molar-refractivity contribution is 5.94. The summed E-state index contributed by atoms with van der Waals surface area (Å²) in [6, 6.07) is 5.69. The van der Waals surface area contributed by atoms with Gasteiger partial charge < -0.3 is 10.6 Å². The van der Waals surface area contributed by atoms with Crippen molar-refractivity contribution in [1.29, 1.82) is 0 Å². The Labute approximate surface area is 97.2 Å². The maximum absolute atomic E-state index is 11.7. The highest BCUT2D eigenvalue weighted by Gasteiger charge is 2.06. The van der Waals surface area contributed by atoms with Gasteiger partial charge in [-0.2, -0.15) is 0 Å². The monoisotopic (exact) mass is 220 g/mol. The Morgan fingerprint density at radius 3 is 2.69 bits per heavy atom. The number of nitrogens with one attached hydrogen (secondary N) is 2. The fraction of sp³-hybridized carbons (Fsp3) is 0.462. The average molecular weight is 220 g/mol. The molecule has 0 heterocycles. The Morgan fingerprint density at radius 2 is 2.12 bits per heavy atom. The van der Waals surface area contributed by atoms with Crippen LogP contribution in [0.1, 0.15) is 35.7 Å². The normalized spacial score (nSPS) is 9.94. The first-order valence-electron chi connectivity index (χ1n) is 5.75. The van der Waals surface area contributed by atoms with Crippen LogP contribution in [0.4, 0.5) is 5.69 Å². The van der Waals surface area contributed by atoms with Gasteiger partial charge in [0, 0.05) is 24.8 Å². The molecular weight excluding hydrogens is 200 g/mol. The SMILES string of the molecule is CCCCNC(=O)c1ccc(NC)c(C)c1. The van der Waals surface area contributed by atoms with Gasteiger partial charge in [0.2, 0.25) is 0 Å². The first-order chi connectivity index (χ1) is 7.69. The maximum Gasteiger partial charge on any atom is 0.251 e. The first kappa shape index (κ1) is 12.6. The fourth-order valence-corrected chi connectivity index (χ4v) is 1.57. The molecule has 1 rings (SSSR count). The minimum atomic E-state index is 0.0132. The minimum Gasteiger partial charge on any atom is -0.388 e. The Hall–Kier alpha value is -1.51. The molecule has 3 heteroatoms. The number of unbranched alkanes of at least 4 members (excludes halogenated alkanes) is 1. The van der Waals surface area contributed by atoms with E-state index >= 15 is 0 Å². The topological polar surface area (TPSA) is 41.1 Å². The average Bonchev–Trinajstić information content (AvgIpc) is 2.29. The number of carbonyl (C=O) groups excluding carboxylic acids is 1. The van der Waals surface area contributed by atoms with Crippen molar-refractivity contribution in [3.8, 4) is 0 Å². The third-order valence-corrected chi connectivity index (χ3v) is 2.57. The molecule has 0 aliphatic heterocycles. The Balaban J connectivity index is 2.66. The molecule has 1 aromatic carbocycles. The molecule has 2 N–H and O–H groups in total. The van der Waals surface area contributed by atoms with E-state index in [1.54, 1.807) is 0 Å². The van der Waals surface area contributed by atoms with Gasteiger partial charge in [-0.3, -0.25) is 4.79 Å². The van der Waals surface area contributed by atoms with E-state index in [1.807, 2.05) is 32.2 Å². The summed E-state index contributed by atoms with van der Waals surface area (Å²) in [5.74, 6) is 0.0132. The minimum absolute atomic E-state index is 0.0132. The van der Waals surface area contributed by atoms with Crippen LogP contribution in [0.25, 0.3) is 0 Å². The van der Waals surface area contributed by atoms with Crippen molar-refractivity contribution >= 4 is 11.6 Å². The molecule has 0 unspecified atom stereocenters. The van der Waals surface area contributed by atoms with Gasteiger partial charge in [-0.05, 0) is 37.1 Å². The molecule has 0 saturated carbocycles. The van der Waals surface area contributed by atoms with Crippen molar-refractivity contribution < 1.29 is 4.79 Å². The maximum atomic E-state index is 11.7. The Morgan fingerprint density at radius 1 is 1.38 bits per heavy atom. The van der Waals surface area contributed by atoms with Gasteiger partial charge >= 0.3 is 0 Å². The lowest BCUT2D eigenvalue weighted by atomic mass is 10.1. The summed E-state index contributed by atoms with van der Waals surface area (Å²) >= 11 is 0. The van der Waals surface area contributed by atoms with E-state index in [4.69, 9.17) is 0 Å². The number of carbonyl (C=O) groups is 1. The van der Waals surface area contributed by atoms with E-state index in [-0.39, 0.29) is 5.91 Å². The summed E-state index contributed by atoms with van der Waals surface area (Å²) in [7, 11) is 1.88. The number of hydrogen-bond acceptors (Lipinski definition) is 2. The molecule has 16 heavy (non-hydrogen) atoms. The van der Waals surface area contributed by atoms with Gasteiger partial charge in [0.15, 0.2) is 0 Å². The van der Waals surface area contributed by atoms with Gasteiger partial charge in [0.05, 0.1) is 0 Å². The van der Waals surface area contributed by atoms with Crippen LogP contribution < -0.4 is 10.6 Å². The summed E-state index contributed by atoms with van der Waals surface area (Å²) in [6.07, 6.45) is 2.12. The highest BCUT2D eigenvalue weighted by atomic mass is 16.1. The van der Waals surface area contributed by atoms with Crippen LogP contribution in [0.15, 0.2) is 18.2 Å². The highest BCUT2D eigenvalue weighted by Crippen LogP contribution is 2.15. The molecular formula is C13H20N2O. The number of aryl methyl sites for hydroxylation is 1. The summed E-state index contributed by atoms with van der Waals surface area (Å²) < 4.78 is 0. The van der Waals surface area contributed by atoms with Crippen molar-refractivity contribution in [2.45, 2.75) is 26.7 Å². The Bertz CT molecular complexity index is 361. The quantitative estimate of drug-likeness (QED) is 0.749. The second-order valence-corrected chi connectivity index (χ2v) is 3.89. The lowest BCUT2D eigenvalue weighted by molar-refractivity contribution is 0.0953. The van der Waals surface area contributed by atoms with E-state index in [9.17, 15) is 4.79 Å². The standard InChI is InChI=1S/C13H20N2O/c1-4-5-8-15-13(16)11-6-7-12(14-3)10(2)9-11/h6-7,9,14H,4-5,8H2,1-3H3,(H,15,16). The Kier molecular flexibility index (Phi) is 4.83. The van der Waals surface area contributed by atoms with Crippen LogP contribution in [0.5, 0.6) is 0 Å². The molecule has 0 fully saturated rings. The van der Waals surface area contributed by atoms with Crippen molar-refractivity contribution in [3.05, 3.63) is 29.3 Å². The van der Waals surface area contributed by atoms with E-state index in [0.29, 0.717) is 0 Å². The van der Waals surface area contributed by atoms with E-state index < -0.39 is 0 Å².